The summed E-state index contributed by atoms with van der Waals surface area (Å²) in [5.41, 5.74) is 0.378. The fourth-order valence-electron chi connectivity index (χ4n) is 3.64. The molecule has 1 aliphatic heterocycles. The Morgan fingerprint density at radius 1 is 1.08 bits per heavy atom. The average molecular weight is 383 g/mol. The van der Waals surface area contributed by atoms with Gasteiger partial charge in [0.2, 0.25) is 5.91 Å². The van der Waals surface area contributed by atoms with Gasteiger partial charge >= 0.3 is 0 Å². The zero-order valence-electron chi connectivity index (χ0n) is 14.9. The van der Waals surface area contributed by atoms with Crippen LogP contribution in [0.5, 0.6) is 0 Å². The second-order valence-corrected chi connectivity index (χ2v) is 6.98. The Morgan fingerprint density at radius 3 is 2.42 bits per heavy atom. The Hall–Kier alpha value is -1.66. The van der Waals surface area contributed by atoms with Crippen molar-refractivity contribution in [2.75, 3.05) is 32.7 Å². The van der Waals surface area contributed by atoms with Gasteiger partial charge in [-0.3, -0.25) is 14.5 Å². The summed E-state index contributed by atoms with van der Waals surface area (Å²) in [6.45, 7) is 2.84. The van der Waals surface area contributed by atoms with Crippen molar-refractivity contribution in [3.05, 3.63) is 35.6 Å². The van der Waals surface area contributed by atoms with Gasteiger partial charge in [-0.2, -0.15) is 0 Å². The van der Waals surface area contributed by atoms with Gasteiger partial charge in [0.05, 0.1) is 6.54 Å². The standard InChI is InChI=1S/C19H26FN3O2.ClH/c20-16-6-4-5-15(13-16)19(25)23-11-9-22(10-12-23)14-18(24)21-17-7-2-1-3-8-17;/h4-6,13,17H,1-3,7-12,14H2,(H,21,24);1H/p-1. The molecule has 2 aliphatic rings. The summed E-state index contributed by atoms with van der Waals surface area (Å²) < 4.78 is 13.3. The quantitative estimate of drug-likeness (QED) is 0.729. The molecule has 2 amide bonds. The van der Waals surface area contributed by atoms with E-state index in [2.05, 4.69) is 10.2 Å². The zero-order valence-corrected chi connectivity index (χ0v) is 15.7. The van der Waals surface area contributed by atoms with Crippen LogP contribution in [0.15, 0.2) is 24.3 Å². The maximum Gasteiger partial charge on any atom is 0.254 e. The highest BCUT2D eigenvalue weighted by atomic mass is 35.5. The van der Waals surface area contributed by atoms with Crippen LogP contribution >= 0.6 is 0 Å². The Kier molecular flexibility index (Phi) is 7.85. The van der Waals surface area contributed by atoms with Crippen molar-refractivity contribution >= 4 is 11.8 Å². The number of benzene rings is 1. The third-order valence-corrected chi connectivity index (χ3v) is 5.07. The molecule has 1 N–H and O–H groups in total. The van der Waals surface area contributed by atoms with E-state index >= 15 is 0 Å². The summed E-state index contributed by atoms with van der Waals surface area (Å²) in [7, 11) is 0. The van der Waals surface area contributed by atoms with Crippen LogP contribution in [0, 0.1) is 5.82 Å². The number of carbonyl (C=O) groups excluding carboxylic acids is 2. The lowest BCUT2D eigenvalue weighted by atomic mass is 9.95. The molecule has 7 heteroatoms. The first-order valence-electron chi connectivity index (χ1n) is 9.18. The van der Waals surface area contributed by atoms with Crippen LogP contribution in [0.3, 0.4) is 0 Å². The number of hydrogen-bond acceptors (Lipinski definition) is 3. The van der Waals surface area contributed by atoms with Crippen molar-refractivity contribution in [3.63, 3.8) is 0 Å². The fraction of sp³-hybridized carbons (Fsp3) is 0.579. The molecule has 0 spiro atoms. The number of nitrogens with one attached hydrogen (secondary N) is 1. The number of rotatable bonds is 4. The van der Waals surface area contributed by atoms with Crippen molar-refractivity contribution < 1.29 is 26.4 Å². The molecule has 1 saturated carbocycles. The Balaban J connectivity index is 0.00000243. The fourth-order valence-corrected chi connectivity index (χ4v) is 3.64. The molecule has 26 heavy (non-hydrogen) atoms. The Labute approximate surface area is 160 Å². The SMILES string of the molecule is O=C(CN1CCN(C(=O)c2cccc(F)c2)CC1)NC1CCCCC1.[Cl-]. The number of halogens is 2. The molecular formula is C19H26ClFN3O2-. The van der Waals surface area contributed by atoms with E-state index in [4.69, 9.17) is 0 Å². The highest BCUT2D eigenvalue weighted by molar-refractivity contribution is 5.94. The number of amides is 2. The minimum absolute atomic E-state index is 0. The van der Waals surface area contributed by atoms with E-state index in [9.17, 15) is 14.0 Å². The van der Waals surface area contributed by atoms with Gasteiger partial charge in [0.15, 0.2) is 0 Å². The van der Waals surface area contributed by atoms with E-state index in [1.54, 1.807) is 17.0 Å². The zero-order chi connectivity index (χ0) is 17.6. The number of hydrogen-bond donors (Lipinski definition) is 1. The maximum atomic E-state index is 13.3. The normalized spacial score (nSPS) is 18.9. The predicted octanol–water partition coefficient (Wildman–Crippen LogP) is -0.964. The average Bonchev–Trinajstić information content (AvgIpc) is 2.62. The van der Waals surface area contributed by atoms with Gasteiger partial charge in [0.25, 0.3) is 5.91 Å². The van der Waals surface area contributed by atoms with E-state index < -0.39 is 5.82 Å². The summed E-state index contributed by atoms with van der Waals surface area (Å²) in [6, 6.07) is 6.12. The molecule has 0 bridgehead atoms. The molecule has 1 aromatic rings. The molecule has 0 radical (unpaired) electrons. The van der Waals surface area contributed by atoms with Gasteiger partial charge in [0, 0.05) is 37.8 Å². The van der Waals surface area contributed by atoms with Crippen LogP contribution in [0.2, 0.25) is 0 Å². The van der Waals surface area contributed by atoms with Gasteiger partial charge < -0.3 is 22.6 Å². The summed E-state index contributed by atoms with van der Waals surface area (Å²) in [5.74, 6) is -0.466. The molecule has 1 aromatic carbocycles. The van der Waals surface area contributed by atoms with Crippen molar-refractivity contribution in [1.29, 1.82) is 0 Å². The summed E-state index contributed by atoms with van der Waals surface area (Å²) >= 11 is 0. The minimum atomic E-state index is -0.399. The molecule has 0 atom stereocenters. The smallest absolute Gasteiger partial charge is 0.254 e. The van der Waals surface area contributed by atoms with Crippen LogP contribution in [-0.2, 0) is 4.79 Å². The van der Waals surface area contributed by atoms with Crippen LogP contribution in [0.1, 0.15) is 42.5 Å². The monoisotopic (exact) mass is 382 g/mol. The number of piperazine rings is 1. The van der Waals surface area contributed by atoms with Gasteiger partial charge in [-0.05, 0) is 31.0 Å². The summed E-state index contributed by atoms with van der Waals surface area (Å²) in [5, 5.41) is 3.13. The largest absolute Gasteiger partial charge is 1.00 e. The van der Waals surface area contributed by atoms with Gasteiger partial charge in [-0.15, -0.1) is 0 Å². The molecule has 3 rings (SSSR count). The molecule has 5 nitrogen and oxygen atoms in total. The van der Waals surface area contributed by atoms with Crippen molar-refractivity contribution in [3.8, 4) is 0 Å². The topological polar surface area (TPSA) is 52.7 Å². The van der Waals surface area contributed by atoms with Crippen molar-refractivity contribution in [2.45, 2.75) is 38.1 Å². The molecular weight excluding hydrogens is 357 g/mol. The van der Waals surface area contributed by atoms with Crippen LogP contribution in [0.4, 0.5) is 4.39 Å². The maximum absolute atomic E-state index is 13.3. The molecule has 2 fully saturated rings. The van der Waals surface area contributed by atoms with Crippen molar-refractivity contribution in [1.82, 2.24) is 15.1 Å². The second-order valence-electron chi connectivity index (χ2n) is 6.98. The predicted molar refractivity (Wildman–Crippen MR) is 93.8 cm³/mol. The molecule has 0 unspecified atom stereocenters. The lowest BCUT2D eigenvalue weighted by Crippen LogP contribution is -3.00. The van der Waals surface area contributed by atoms with Gasteiger partial charge in [0.1, 0.15) is 5.82 Å². The van der Waals surface area contributed by atoms with E-state index in [0.717, 1.165) is 12.8 Å². The Morgan fingerprint density at radius 2 is 1.77 bits per heavy atom. The number of carbonyl (C=O) groups is 2. The Bertz CT molecular complexity index is 615. The summed E-state index contributed by atoms with van der Waals surface area (Å²) in [4.78, 5) is 28.4. The third kappa shape index (κ3) is 5.68. The molecule has 1 saturated heterocycles. The van der Waals surface area contributed by atoms with Crippen LogP contribution < -0.4 is 17.7 Å². The lowest BCUT2D eigenvalue weighted by molar-refractivity contribution is -0.123. The first-order chi connectivity index (χ1) is 12.1. The summed E-state index contributed by atoms with van der Waals surface area (Å²) in [6.07, 6.45) is 5.84. The first kappa shape index (κ1) is 20.6. The second kappa shape index (κ2) is 9.88. The molecule has 1 aliphatic carbocycles. The van der Waals surface area contributed by atoms with E-state index in [-0.39, 0.29) is 24.2 Å². The van der Waals surface area contributed by atoms with E-state index in [0.29, 0.717) is 44.3 Å². The highest BCUT2D eigenvalue weighted by Gasteiger charge is 2.24. The third-order valence-electron chi connectivity index (χ3n) is 5.07. The molecule has 144 valence electrons. The van der Waals surface area contributed by atoms with E-state index in [1.165, 1.54) is 31.4 Å². The van der Waals surface area contributed by atoms with Crippen LogP contribution in [-0.4, -0.2) is 60.4 Å². The van der Waals surface area contributed by atoms with Crippen LogP contribution in [0.25, 0.3) is 0 Å². The highest BCUT2D eigenvalue weighted by Crippen LogP contribution is 2.17. The van der Waals surface area contributed by atoms with Gasteiger partial charge in [-0.1, -0.05) is 25.3 Å². The molecule has 0 aromatic heterocycles. The lowest BCUT2D eigenvalue weighted by Gasteiger charge is -2.34. The van der Waals surface area contributed by atoms with E-state index in [1.807, 2.05) is 0 Å². The van der Waals surface area contributed by atoms with Crippen molar-refractivity contribution in [2.24, 2.45) is 0 Å². The van der Waals surface area contributed by atoms with Gasteiger partial charge in [-0.25, -0.2) is 4.39 Å². The molecule has 1 heterocycles. The minimum Gasteiger partial charge on any atom is -1.00 e. The number of nitrogens with zero attached hydrogens (tertiary/aromatic N) is 2. The first-order valence-corrected chi connectivity index (χ1v) is 9.18.